The van der Waals surface area contributed by atoms with Gasteiger partial charge in [0.05, 0.1) is 22.3 Å². The normalized spacial score (nSPS) is 14.5. The topological polar surface area (TPSA) is 86.8 Å². The van der Waals surface area contributed by atoms with E-state index in [0.717, 1.165) is 55.0 Å². The molecule has 3 heterocycles. The molecule has 1 amide bonds. The zero-order chi connectivity index (χ0) is 28.0. The fraction of sp³-hybridized carbons (Fsp3) is 0.212. The minimum absolute atomic E-state index is 0.215. The van der Waals surface area contributed by atoms with Crippen molar-refractivity contribution in [3.63, 3.8) is 0 Å². The van der Waals surface area contributed by atoms with Crippen molar-refractivity contribution in [1.29, 1.82) is 0 Å². The molecule has 0 spiro atoms. The van der Waals surface area contributed by atoms with Gasteiger partial charge in [-0.3, -0.25) is 19.7 Å². The summed E-state index contributed by atoms with van der Waals surface area (Å²) in [5.74, 6) is 0.660. The number of fused-ring (bicyclic) bond motifs is 1. The molecule has 8 heteroatoms. The van der Waals surface area contributed by atoms with Crippen LogP contribution in [0.1, 0.15) is 57.3 Å². The van der Waals surface area contributed by atoms with Crippen LogP contribution in [0.5, 0.6) is 0 Å². The highest BCUT2D eigenvalue weighted by Gasteiger charge is 2.28. The second-order valence-corrected chi connectivity index (χ2v) is 10.7. The van der Waals surface area contributed by atoms with Gasteiger partial charge in [0, 0.05) is 55.7 Å². The maximum Gasteiger partial charge on any atom is 0.253 e. The first-order valence-electron chi connectivity index (χ1n) is 13.9. The lowest BCUT2D eigenvalue weighted by molar-refractivity contribution is 0.0951. The lowest BCUT2D eigenvalue weighted by Crippen LogP contribution is -2.31. The molecule has 0 saturated carbocycles. The Kier molecular flexibility index (Phi) is 8.16. The van der Waals surface area contributed by atoms with E-state index in [2.05, 4.69) is 67.6 Å². The molecule has 206 valence electrons. The molecule has 0 saturated heterocycles. The van der Waals surface area contributed by atoms with E-state index in [9.17, 15) is 4.79 Å². The Balaban J connectivity index is 1.19. The van der Waals surface area contributed by atoms with Gasteiger partial charge in [0.2, 0.25) is 0 Å². The number of rotatable bonds is 9. The predicted octanol–water partition coefficient (Wildman–Crippen LogP) is 6.53. The summed E-state index contributed by atoms with van der Waals surface area (Å²) in [6, 6.07) is 24.7. The number of hydrogen-bond donors (Lipinski definition) is 2. The molecule has 0 radical (unpaired) electrons. The fourth-order valence-corrected chi connectivity index (χ4v) is 5.66. The summed E-state index contributed by atoms with van der Waals surface area (Å²) < 4.78 is 0. The highest BCUT2D eigenvalue weighted by Crippen LogP contribution is 2.35. The van der Waals surface area contributed by atoms with Crippen molar-refractivity contribution in [2.75, 3.05) is 0 Å². The second-order valence-electron chi connectivity index (χ2n) is 10.3. The van der Waals surface area contributed by atoms with Crippen molar-refractivity contribution < 1.29 is 4.79 Å². The Morgan fingerprint density at radius 3 is 2.59 bits per heavy atom. The van der Waals surface area contributed by atoms with Gasteiger partial charge in [-0.2, -0.15) is 0 Å². The quantitative estimate of drug-likeness (QED) is 0.213. The van der Waals surface area contributed by atoms with Gasteiger partial charge < -0.3 is 10.3 Å². The molecule has 6 rings (SSSR count). The summed E-state index contributed by atoms with van der Waals surface area (Å²) in [5.41, 5.74) is 7.29. The van der Waals surface area contributed by atoms with Crippen molar-refractivity contribution in [3.8, 4) is 11.4 Å². The summed E-state index contributed by atoms with van der Waals surface area (Å²) in [6.45, 7) is 1.91. The molecular formula is C33H31ClN6O. The van der Waals surface area contributed by atoms with Crippen LogP contribution in [0.3, 0.4) is 0 Å². The molecule has 1 aliphatic rings. The van der Waals surface area contributed by atoms with Crippen molar-refractivity contribution >= 4 is 17.5 Å². The fourth-order valence-electron chi connectivity index (χ4n) is 5.45. The number of aromatic nitrogens is 4. The minimum Gasteiger partial charge on any atom is -0.348 e. The van der Waals surface area contributed by atoms with Crippen molar-refractivity contribution in [1.82, 2.24) is 30.2 Å². The van der Waals surface area contributed by atoms with Gasteiger partial charge in [0.25, 0.3) is 5.91 Å². The summed E-state index contributed by atoms with van der Waals surface area (Å²) >= 11 is 6.12. The molecule has 0 aliphatic heterocycles. The van der Waals surface area contributed by atoms with E-state index in [4.69, 9.17) is 16.6 Å². The van der Waals surface area contributed by atoms with E-state index in [-0.39, 0.29) is 11.9 Å². The van der Waals surface area contributed by atoms with Crippen LogP contribution in [0.15, 0.2) is 97.6 Å². The number of imidazole rings is 1. The third-order valence-corrected chi connectivity index (χ3v) is 7.84. The van der Waals surface area contributed by atoms with Gasteiger partial charge >= 0.3 is 0 Å². The lowest BCUT2D eigenvalue weighted by atomic mass is 9.90. The average molecular weight is 563 g/mol. The average Bonchev–Trinajstić information content (AvgIpc) is 3.49. The van der Waals surface area contributed by atoms with E-state index in [1.165, 1.54) is 23.0 Å². The number of aryl methyl sites for hydroxylation is 1. The van der Waals surface area contributed by atoms with Gasteiger partial charge in [-0.25, -0.2) is 4.98 Å². The number of nitrogens with zero attached hydrogens (tertiary/aromatic N) is 4. The summed E-state index contributed by atoms with van der Waals surface area (Å²) in [5, 5.41) is 3.29. The van der Waals surface area contributed by atoms with Crippen LogP contribution in [0, 0.1) is 0 Å². The number of H-pyrrole nitrogens is 1. The maximum absolute atomic E-state index is 12.5. The smallest absolute Gasteiger partial charge is 0.253 e. The largest absolute Gasteiger partial charge is 0.348 e. The van der Waals surface area contributed by atoms with Gasteiger partial charge in [-0.15, -0.1) is 0 Å². The number of carbonyl (C=O) groups excluding carboxylic acids is 1. The number of hydrogen-bond acceptors (Lipinski definition) is 5. The van der Waals surface area contributed by atoms with Crippen molar-refractivity contribution in [2.45, 2.75) is 44.9 Å². The predicted molar refractivity (Wildman–Crippen MR) is 160 cm³/mol. The van der Waals surface area contributed by atoms with Gasteiger partial charge in [-0.1, -0.05) is 72.3 Å². The molecule has 3 aromatic heterocycles. The van der Waals surface area contributed by atoms with Crippen LogP contribution in [-0.2, 0) is 26.1 Å². The van der Waals surface area contributed by atoms with E-state index in [1.807, 2.05) is 36.7 Å². The van der Waals surface area contributed by atoms with Crippen LogP contribution >= 0.6 is 11.6 Å². The van der Waals surface area contributed by atoms with E-state index >= 15 is 0 Å². The second kappa shape index (κ2) is 12.5. The number of aromatic amines is 1. The highest BCUT2D eigenvalue weighted by atomic mass is 35.5. The number of amides is 1. The first kappa shape index (κ1) is 26.9. The molecule has 1 aliphatic carbocycles. The Bertz CT molecular complexity index is 1620. The zero-order valence-corrected chi connectivity index (χ0v) is 23.4. The molecule has 1 atom stereocenters. The molecule has 0 fully saturated rings. The number of pyridine rings is 2. The van der Waals surface area contributed by atoms with Crippen LogP contribution < -0.4 is 5.32 Å². The third-order valence-electron chi connectivity index (χ3n) is 7.53. The molecule has 2 N–H and O–H groups in total. The Hall–Kier alpha value is -4.33. The SMILES string of the molecule is O=C(NCc1ccc(CN(Cc2cnc(-c3ccccc3)[nH]2)C2CCCc3cccnc32)cc1)c1ccncc1Cl. The minimum atomic E-state index is -0.217. The van der Waals surface area contributed by atoms with Crippen LogP contribution in [-0.4, -0.2) is 30.7 Å². The van der Waals surface area contributed by atoms with Crippen molar-refractivity contribution in [2.24, 2.45) is 0 Å². The van der Waals surface area contributed by atoms with Gasteiger partial charge in [-0.05, 0) is 48.1 Å². The Morgan fingerprint density at radius 2 is 1.76 bits per heavy atom. The molecule has 0 bridgehead atoms. The van der Waals surface area contributed by atoms with E-state index in [1.54, 1.807) is 12.3 Å². The standard InChI is InChI=1S/C33H31ClN6O/c34-29-20-35-17-15-28(29)33(41)38-18-23-11-13-24(14-12-23)21-40(30-10-4-8-25-9-5-16-36-31(25)30)22-27-19-37-32(39-27)26-6-2-1-3-7-26/h1-3,5-7,9,11-17,19-20,30H,4,8,10,18,21-22H2,(H,37,39)(H,38,41). The molecule has 1 unspecified atom stereocenters. The van der Waals surface area contributed by atoms with Crippen LogP contribution in [0.2, 0.25) is 5.02 Å². The molecule has 5 aromatic rings. The molecule has 41 heavy (non-hydrogen) atoms. The number of nitrogens with one attached hydrogen (secondary N) is 2. The lowest BCUT2D eigenvalue weighted by Gasteiger charge is -2.35. The number of carbonyl (C=O) groups is 1. The van der Waals surface area contributed by atoms with Crippen LogP contribution in [0.25, 0.3) is 11.4 Å². The highest BCUT2D eigenvalue weighted by molar-refractivity contribution is 6.33. The molecular weight excluding hydrogens is 532 g/mol. The Labute approximate surface area is 244 Å². The number of benzene rings is 2. The Morgan fingerprint density at radius 1 is 0.927 bits per heavy atom. The van der Waals surface area contributed by atoms with Gasteiger partial charge in [0.1, 0.15) is 5.82 Å². The van der Waals surface area contributed by atoms with E-state index in [0.29, 0.717) is 17.1 Å². The molecule has 7 nitrogen and oxygen atoms in total. The zero-order valence-electron chi connectivity index (χ0n) is 22.6. The van der Waals surface area contributed by atoms with Crippen molar-refractivity contribution in [3.05, 3.63) is 136 Å². The van der Waals surface area contributed by atoms with Crippen LogP contribution in [0.4, 0.5) is 0 Å². The first-order chi connectivity index (χ1) is 20.1. The monoisotopic (exact) mass is 562 g/mol. The van der Waals surface area contributed by atoms with E-state index < -0.39 is 0 Å². The number of halogens is 1. The summed E-state index contributed by atoms with van der Waals surface area (Å²) in [7, 11) is 0. The summed E-state index contributed by atoms with van der Waals surface area (Å²) in [4.78, 5) is 32.0. The molecule has 2 aromatic carbocycles. The summed E-state index contributed by atoms with van der Waals surface area (Å²) in [6.07, 6.45) is 10.2. The van der Waals surface area contributed by atoms with Gasteiger partial charge in [0.15, 0.2) is 0 Å². The third kappa shape index (κ3) is 6.37. The first-order valence-corrected chi connectivity index (χ1v) is 14.2. The maximum atomic E-state index is 12.5.